The molecule has 3 heteroatoms. The van der Waals surface area contributed by atoms with E-state index in [0.29, 0.717) is 18.6 Å². The number of aliphatic hydroxyl groups is 1. The van der Waals surface area contributed by atoms with E-state index in [4.69, 9.17) is 10.8 Å². The number of piperidine rings is 1. The normalized spacial score (nSPS) is 42.6. The van der Waals surface area contributed by atoms with Crippen molar-refractivity contribution in [3.05, 3.63) is 0 Å². The number of nitrogens with zero attached hydrogens (tertiary/aromatic N) is 1. The lowest BCUT2D eigenvalue weighted by atomic mass is 9.79. The number of aliphatic hydroxyl groups excluding tert-OH is 1. The van der Waals surface area contributed by atoms with Crippen molar-refractivity contribution >= 4 is 0 Å². The summed E-state index contributed by atoms with van der Waals surface area (Å²) >= 11 is 0. The molecule has 0 spiro atoms. The molecular weight excluding hydrogens is 188 g/mol. The third kappa shape index (κ3) is 2.71. The molecule has 1 aliphatic heterocycles. The monoisotopic (exact) mass is 212 g/mol. The molecule has 0 radical (unpaired) electrons. The first kappa shape index (κ1) is 11.4. The van der Waals surface area contributed by atoms with Crippen LogP contribution in [-0.4, -0.2) is 41.8 Å². The number of nitrogens with two attached hydrogens (primary N) is 1. The van der Waals surface area contributed by atoms with Crippen molar-refractivity contribution in [2.45, 2.75) is 44.7 Å². The van der Waals surface area contributed by atoms with Crippen LogP contribution < -0.4 is 5.73 Å². The zero-order valence-corrected chi connectivity index (χ0v) is 9.73. The van der Waals surface area contributed by atoms with Gasteiger partial charge in [0.15, 0.2) is 0 Å². The van der Waals surface area contributed by atoms with Gasteiger partial charge in [0.25, 0.3) is 0 Å². The van der Waals surface area contributed by atoms with Crippen molar-refractivity contribution in [3.63, 3.8) is 0 Å². The van der Waals surface area contributed by atoms with Gasteiger partial charge in [0, 0.05) is 31.8 Å². The van der Waals surface area contributed by atoms with Gasteiger partial charge >= 0.3 is 0 Å². The van der Waals surface area contributed by atoms with Gasteiger partial charge in [-0.3, -0.25) is 4.90 Å². The molecule has 3 N–H and O–H groups in total. The Hall–Kier alpha value is -0.120. The summed E-state index contributed by atoms with van der Waals surface area (Å²) in [6, 6.07) is 1.11. The molecule has 0 amide bonds. The van der Waals surface area contributed by atoms with E-state index in [-0.39, 0.29) is 0 Å². The Kier molecular flexibility index (Phi) is 3.65. The van der Waals surface area contributed by atoms with Gasteiger partial charge in [0.2, 0.25) is 0 Å². The third-order valence-electron chi connectivity index (χ3n) is 4.00. The minimum Gasteiger partial charge on any atom is -0.396 e. The number of rotatable bonds is 3. The lowest BCUT2D eigenvalue weighted by molar-refractivity contribution is 0.0345. The topological polar surface area (TPSA) is 49.5 Å². The molecule has 1 saturated carbocycles. The lowest BCUT2D eigenvalue weighted by Crippen LogP contribution is -2.54. The fourth-order valence-corrected chi connectivity index (χ4v) is 3.13. The van der Waals surface area contributed by atoms with Crippen LogP contribution in [0.15, 0.2) is 0 Å². The van der Waals surface area contributed by atoms with Gasteiger partial charge in [-0.25, -0.2) is 0 Å². The fraction of sp³-hybridized carbons (Fsp3) is 1.00. The van der Waals surface area contributed by atoms with Crippen LogP contribution in [0.1, 0.15) is 32.6 Å². The van der Waals surface area contributed by atoms with Crippen LogP contribution in [0.25, 0.3) is 0 Å². The molecule has 3 nitrogen and oxygen atoms in total. The van der Waals surface area contributed by atoms with Crippen LogP contribution in [0.4, 0.5) is 0 Å². The van der Waals surface area contributed by atoms with Crippen molar-refractivity contribution in [1.82, 2.24) is 4.90 Å². The zero-order valence-electron chi connectivity index (χ0n) is 9.73. The molecule has 0 bridgehead atoms. The molecule has 2 atom stereocenters. The highest BCUT2D eigenvalue weighted by atomic mass is 16.3. The Morgan fingerprint density at radius 3 is 2.60 bits per heavy atom. The van der Waals surface area contributed by atoms with Crippen LogP contribution in [-0.2, 0) is 0 Å². The molecule has 2 unspecified atom stereocenters. The first-order valence-electron chi connectivity index (χ1n) is 6.29. The fourth-order valence-electron chi connectivity index (χ4n) is 3.13. The molecule has 88 valence electrons. The zero-order chi connectivity index (χ0) is 10.8. The van der Waals surface area contributed by atoms with Crippen LogP contribution in [0, 0.1) is 11.8 Å². The Balaban J connectivity index is 1.83. The molecule has 2 aliphatic rings. The van der Waals surface area contributed by atoms with Gasteiger partial charge in [-0.15, -0.1) is 0 Å². The highest BCUT2D eigenvalue weighted by Crippen LogP contribution is 2.33. The summed E-state index contributed by atoms with van der Waals surface area (Å²) in [6.07, 6.45) is 4.71. The summed E-state index contributed by atoms with van der Waals surface area (Å²) < 4.78 is 0. The molecule has 1 aliphatic carbocycles. The maximum absolute atomic E-state index is 8.98. The molecular formula is C12H24N2O. The lowest BCUT2D eigenvalue weighted by Gasteiger charge is -2.47. The first-order valence-corrected chi connectivity index (χ1v) is 6.29. The van der Waals surface area contributed by atoms with Gasteiger partial charge in [-0.2, -0.15) is 0 Å². The van der Waals surface area contributed by atoms with E-state index in [2.05, 4.69) is 11.8 Å². The van der Waals surface area contributed by atoms with Gasteiger partial charge in [0.05, 0.1) is 0 Å². The van der Waals surface area contributed by atoms with E-state index in [1.807, 2.05) is 0 Å². The van der Waals surface area contributed by atoms with Crippen molar-refractivity contribution in [2.75, 3.05) is 19.7 Å². The quantitative estimate of drug-likeness (QED) is 0.728. The Bertz CT molecular complexity index is 204. The van der Waals surface area contributed by atoms with Crippen LogP contribution in [0.2, 0.25) is 0 Å². The minimum absolute atomic E-state index is 0.312. The van der Waals surface area contributed by atoms with E-state index < -0.39 is 0 Å². The second-order valence-electron chi connectivity index (χ2n) is 5.56. The van der Waals surface area contributed by atoms with Gasteiger partial charge < -0.3 is 10.8 Å². The minimum atomic E-state index is 0.312. The summed E-state index contributed by atoms with van der Waals surface area (Å²) in [5.74, 6) is 1.53. The van der Waals surface area contributed by atoms with E-state index in [1.54, 1.807) is 0 Å². The largest absolute Gasteiger partial charge is 0.396 e. The summed E-state index contributed by atoms with van der Waals surface area (Å²) in [7, 11) is 0. The molecule has 2 rings (SSSR count). The molecule has 15 heavy (non-hydrogen) atoms. The molecule has 0 aromatic rings. The van der Waals surface area contributed by atoms with Gasteiger partial charge in [-0.05, 0) is 37.5 Å². The first-order chi connectivity index (χ1) is 7.19. The van der Waals surface area contributed by atoms with Crippen LogP contribution in [0.3, 0.4) is 0 Å². The SMILES string of the molecule is CC1CC(N2CC(N)CC(CCO)C2)C1. The second kappa shape index (κ2) is 4.81. The van der Waals surface area contributed by atoms with Crippen molar-refractivity contribution in [2.24, 2.45) is 17.6 Å². The summed E-state index contributed by atoms with van der Waals surface area (Å²) in [5.41, 5.74) is 6.07. The van der Waals surface area contributed by atoms with Gasteiger partial charge in [-0.1, -0.05) is 6.92 Å². The van der Waals surface area contributed by atoms with Crippen molar-refractivity contribution in [3.8, 4) is 0 Å². The van der Waals surface area contributed by atoms with Crippen LogP contribution in [0.5, 0.6) is 0 Å². The predicted molar refractivity (Wildman–Crippen MR) is 61.5 cm³/mol. The average Bonchev–Trinajstić information content (AvgIpc) is 2.12. The molecule has 1 saturated heterocycles. The number of hydrogen-bond donors (Lipinski definition) is 2. The van der Waals surface area contributed by atoms with Gasteiger partial charge in [0.1, 0.15) is 0 Å². The Morgan fingerprint density at radius 1 is 1.27 bits per heavy atom. The standard InChI is InChI=1S/C12H24N2O/c1-9-4-12(5-9)14-7-10(2-3-15)6-11(13)8-14/h9-12,15H,2-8,13H2,1H3. The van der Waals surface area contributed by atoms with E-state index in [0.717, 1.165) is 37.9 Å². The highest BCUT2D eigenvalue weighted by Gasteiger charge is 2.35. The molecule has 0 aromatic carbocycles. The predicted octanol–water partition coefficient (Wildman–Crippen LogP) is 0.817. The van der Waals surface area contributed by atoms with E-state index in [9.17, 15) is 0 Å². The molecule has 0 aromatic heterocycles. The summed E-state index contributed by atoms with van der Waals surface area (Å²) in [4.78, 5) is 2.56. The maximum atomic E-state index is 8.98. The van der Waals surface area contributed by atoms with Crippen molar-refractivity contribution in [1.29, 1.82) is 0 Å². The molecule has 1 heterocycles. The summed E-state index contributed by atoms with van der Waals surface area (Å²) in [5, 5.41) is 8.98. The maximum Gasteiger partial charge on any atom is 0.0434 e. The number of likely N-dealkylation sites (tertiary alicyclic amines) is 1. The van der Waals surface area contributed by atoms with E-state index in [1.165, 1.54) is 12.8 Å². The number of hydrogen-bond acceptors (Lipinski definition) is 3. The summed E-state index contributed by atoms with van der Waals surface area (Å²) in [6.45, 7) is 4.86. The molecule has 2 fully saturated rings. The van der Waals surface area contributed by atoms with E-state index >= 15 is 0 Å². The van der Waals surface area contributed by atoms with Crippen molar-refractivity contribution < 1.29 is 5.11 Å². The third-order valence-corrected chi connectivity index (χ3v) is 4.00. The average molecular weight is 212 g/mol. The smallest absolute Gasteiger partial charge is 0.0434 e. The second-order valence-corrected chi connectivity index (χ2v) is 5.56. The van der Waals surface area contributed by atoms with Crippen LogP contribution >= 0.6 is 0 Å². The highest BCUT2D eigenvalue weighted by molar-refractivity contribution is 4.90. The Labute approximate surface area is 92.6 Å². The Morgan fingerprint density at radius 2 is 2.00 bits per heavy atom.